The molecule has 3 aromatic heterocycles. The van der Waals surface area contributed by atoms with E-state index < -0.39 is 74.6 Å². The molecular weight excluding hydrogens is 899 g/mol. The molecule has 0 aliphatic carbocycles. The van der Waals surface area contributed by atoms with Crippen LogP contribution in [0, 0.1) is 0 Å². The molecule has 2 saturated heterocycles. The molecule has 10 atom stereocenters. The van der Waals surface area contributed by atoms with E-state index in [0.29, 0.717) is 30.1 Å². The van der Waals surface area contributed by atoms with Crippen molar-refractivity contribution in [3.63, 3.8) is 0 Å². The van der Waals surface area contributed by atoms with Gasteiger partial charge >= 0.3 is 0 Å². The maximum atomic E-state index is 11.9. The first kappa shape index (κ1) is 51.3. The summed E-state index contributed by atoms with van der Waals surface area (Å²) >= 11 is 0. The van der Waals surface area contributed by atoms with Gasteiger partial charge in [0.2, 0.25) is 6.29 Å². The van der Waals surface area contributed by atoms with Crippen molar-refractivity contribution in [3.05, 3.63) is 75.6 Å². The number of allylic oxidation sites excluding steroid dienone is 4. The third-order valence-corrected chi connectivity index (χ3v) is 14.4. The number of aryl methyl sites for hydroxylation is 4. The molecule has 0 spiro atoms. The van der Waals surface area contributed by atoms with Crippen LogP contribution in [0.2, 0.25) is 0 Å². The summed E-state index contributed by atoms with van der Waals surface area (Å²) in [6, 6.07) is 9.26. The molecule has 0 amide bonds. The molecule has 4 aliphatic heterocycles. The number of H-pyrrole nitrogens is 2. The standard InChI is InChI=1S/C53H69N5O12/c1-9-25-29(13-5)42-41(24-17-18-38(37(61)19-24)67-52-48(66)46(64)49(40(23-60)69-52)70-53-47(65)45(63)44(62)39(22-59)68-53)43-30(14-6)26(10-2)34(55-43)21-36-28(12-4)32(16-8)51(57-36)58-50-31(15-7)27(11-3)35(56-50)20-33(25)54-42/h17-21,39-40,44-49,52-55,59-66H,9-16,22-23H2,1-8H3/t39-,40-,44+,45+,46-,47-,48-,49+,52-,53+/m1/s1. The highest BCUT2D eigenvalue weighted by atomic mass is 16.7. The summed E-state index contributed by atoms with van der Waals surface area (Å²) in [6.45, 7) is 15.7. The SMILES string of the molecule is CCC1=C(CC)c2nc1cc1[nH]c(c(CC)c1CC)c(-c1ccc(O[C@@H]3O[C@H](CO)[C@H](O[C@@H]4O[C@H](CO)[C@H](O)[C@H](O)[C@H]4O)[C@H](O)[C@H]3O)c(O)c1)c1[nH]c(cc3nc(n2)C(CC)=C3CC)c(CC)c1CC. The summed E-state index contributed by atoms with van der Waals surface area (Å²) in [5.41, 5.74) is 15.9. The number of hydrogen-bond donors (Lipinski definition) is 10. The van der Waals surface area contributed by atoms with Crippen molar-refractivity contribution < 1.29 is 59.8 Å². The van der Waals surface area contributed by atoms with Crippen LogP contribution < -0.4 is 4.74 Å². The first-order valence-electron chi connectivity index (χ1n) is 25.0. The normalized spacial score (nSPS) is 26.1. The van der Waals surface area contributed by atoms with Crippen LogP contribution in [-0.4, -0.2) is 140 Å². The summed E-state index contributed by atoms with van der Waals surface area (Å²) in [7, 11) is 0. The molecular formula is C53H69N5O12. The highest BCUT2D eigenvalue weighted by molar-refractivity contribution is 6.00. The maximum Gasteiger partial charge on any atom is 0.229 e. The molecule has 4 aromatic rings. The molecule has 0 unspecified atom stereocenters. The van der Waals surface area contributed by atoms with Gasteiger partial charge in [0.05, 0.1) is 35.6 Å². The number of nitrogens with one attached hydrogen (secondary N) is 2. The molecule has 0 radical (unpaired) electrons. The second-order valence-corrected chi connectivity index (χ2v) is 18.2. The Morgan fingerprint density at radius 1 is 0.529 bits per heavy atom. The van der Waals surface area contributed by atoms with Gasteiger partial charge in [-0.2, -0.15) is 0 Å². The van der Waals surface area contributed by atoms with Crippen molar-refractivity contribution in [2.75, 3.05) is 13.2 Å². The van der Waals surface area contributed by atoms with Crippen LogP contribution in [0.4, 0.5) is 0 Å². The minimum Gasteiger partial charge on any atom is -0.504 e. The average Bonchev–Trinajstić information content (AvgIpc) is 4.10. The van der Waals surface area contributed by atoms with Crippen LogP contribution in [0.5, 0.6) is 11.5 Å². The Labute approximate surface area is 407 Å². The van der Waals surface area contributed by atoms with E-state index in [1.807, 2.05) is 6.07 Å². The number of aromatic nitrogens is 5. The molecule has 70 heavy (non-hydrogen) atoms. The van der Waals surface area contributed by atoms with E-state index in [1.165, 1.54) is 0 Å². The quantitative estimate of drug-likeness (QED) is 0.0675. The monoisotopic (exact) mass is 967 g/mol. The van der Waals surface area contributed by atoms with Crippen LogP contribution in [0.25, 0.3) is 55.5 Å². The van der Waals surface area contributed by atoms with Gasteiger partial charge in [-0.3, -0.25) is 0 Å². The number of aliphatic hydroxyl groups is 7. The smallest absolute Gasteiger partial charge is 0.229 e. The van der Waals surface area contributed by atoms with E-state index in [2.05, 4.69) is 77.5 Å². The van der Waals surface area contributed by atoms with Crippen LogP contribution in [0.3, 0.4) is 0 Å². The van der Waals surface area contributed by atoms with Crippen molar-refractivity contribution >= 4 is 44.4 Å². The number of hydrogen-bond acceptors (Lipinski definition) is 15. The third kappa shape index (κ3) is 8.99. The summed E-state index contributed by atoms with van der Waals surface area (Å²) in [4.78, 5) is 23.4. The van der Waals surface area contributed by atoms with Gasteiger partial charge < -0.3 is 69.8 Å². The number of phenols is 1. The van der Waals surface area contributed by atoms with Crippen molar-refractivity contribution in [1.29, 1.82) is 0 Å². The Morgan fingerprint density at radius 3 is 1.47 bits per heavy atom. The van der Waals surface area contributed by atoms with E-state index in [0.717, 1.165) is 122 Å². The van der Waals surface area contributed by atoms with Gasteiger partial charge in [0.25, 0.3) is 0 Å². The fourth-order valence-corrected chi connectivity index (χ4v) is 10.8. The minimum atomic E-state index is -1.82. The van der Waals surface area contributed by atoms with Gasteiger partial charge in [-0.1, -0.05) is 61.5 Å². The second-order valence-electron chi connectivity index (χ2n) is 18.2. The number of aliphatic hydroxyl groups excluding tert-OH is 7. The van der Waals surface area contributed by atoms with Crippen LogP contribution in [0.15, 0.2) is 30.3 Å². The van der Waals surface area contributed by atoms with E-state index in [-0.39, 0.29) is 11.5 Å². The lowest BCUT2D eigenvalue weighted by atomic mass is 9.96. The van der Waals surface area contributed by atoms with E-state index in [4.69, 9.17) is 33.9 Å². The fourth-order valence-electron chi connectivity index (χ4n) is 10.8. The number of ether oxygens (including phenoxy) is 4. The molecule has 4 aliphatic rings. The molecule has 8 rings (SSSR count). The molecule has 8 bridgehead atoms. The van der Waals surface area contributed by atoms with Crippen molar-refractivity contribution in [2.45, 2.75) is 168 Å². The number of nitrogens with zero attached hydrogens (tertiary/aromatic N) is 3. The first-order valence-corrected chi connectivity index (χ1v) is 25.0. The van der Waals surface area contributed by atoms with Crippen molar-refractivity contribution in [3.8, 4) is 22.6 Å². The first-order chi connectivity index (χ1) is 33.7. The van der Waals surface area contributed by atoms with Gasteiger partial charge in [-0.25, -0.2) is 15.0 Å². The van der Waals surface area contributed by atoms with Crippen molar-refractivity contribution in [2.24, 2.45) is 0 Å². The van der Waals surface area contributed by atoms with E-state index in [9.17, 15) is 40.9 Å². The highest BCUT2D eigenvalue weighted by Crippen LogP contribution is 2.43. The fraction of sp³-hybridized carbons (Fsp3) is 0.528. The predicted octanol–water partition coefficient (Wildman–Crippen LogP) is 5.80. The van der Waals surface area contributed by atoms with Crippen molar-refractivity contribution in [1.82, 2.24) is 24.9 Å². The molecule has 10 N–H and O–H groups in total. The Kier molecular flexibility index (Phi) is 15.6. The molecule has 17 heteroatoms. The topological polar surface area (TPSA) is 269 Å². The number of phenolic OH excluding ortho intramolecular Hbond substituents is 1. The number of benzene rings is 1. The van der Waals surface area contributed by atoms with Crippen LogP contribution in [-0.2, 0) is 39.9 Å². The van der Waals surface area contributed by atoms with Gasteiger partial charge in [0.15, 0.2) is 29.4 Å². The third-order valence-electron chi connectivity index (χ3n) is 14.4. The number of aromatic hydroxyl groups is 1. The minimum absolute atomic E-state index is 0.0889. The summed E-state index contributed by atoms with van der Waals surface area (Å²) in [6.07, 6.45) is -10.4. The van der Waals surface area contributed by atoms with Gasteiger partial charge in [-0.15, -0.1) is 0 Å². The molecule has 1 aromatic carbocycles. The molecule has 0 saturated carbocycles. The summed E-state index contributed by atoms with van der Waals surface area (Å²) < 4.78 is 23.1. The maximum absolute atomic E-state index is 11.9. The molecule has 2 fully saturated rings. The Hall–Kier alpha value is -5.05. The molecule has 378 valence electrons. The van der Waals surface area contributed by atoms with Gasteiger partial charge in [0, 0.05) is 27.7 Å². The van der Waals surface area contributed by atoms with Crippen LogP contribution in [0.1, 0.15) is 126 Å². The zero-order valence-corrected chi connectivity index (χ0v) is 41.3. The second kappa shape index (κ2) is 21.3. The number of fused-ring (bicyclic) bond motifs is 8. The Morgan fingerprint density at radius 2 is 1.01 bits per heavy atom. The Balaban J connectivity index is 1.29. The zero-order chi connectivity index (χ0) is 50.3. The highest BCUT2D eigenvalue weighted by Gasteiger charge is 2.51. The lowest BCUT2D eigenvalue weighted by Crippen LogP contribution is -2.65. The molecule has 7 heterocycles. The lowest BCUT2D eigenvalue weighted by molar-refractivity contribution is -0.352. The van der Waals surface area contributed by atoms with Crippen LogP contribution >= 0.6 is 0 Å². The number of aromatic amines is 2. The van der Waals surface area contributed by atoms with Gasteiger partial charge in [0.1, 0.15) is 48.8 Å². The largest absolute Gasteiger partial charge is 0.504 e. The predicted molar refractivity (Wildman–Crippen MR) is 265 cm³/mol. The van der Waals surface area contributed by atoms with Gasteiger partial charge in [-0.05, 0) is 115 Å². The number of rotatable bonds is 15. The zero-order valence-electron chi connectivity index (χ0n) is 41.3. The Bertz CT molecular complexity index is 2690. The summed E-state index contributed by atoms with van der Waals surface area (Å²) in [5, 5.41) is 85.7. The average molecular weight is 968 g/mol. The van der Waals surface area contributed by atoms with E-state index >= 15 is 0 Å². The summed E-state index contributed by atoms with van der Waals surface area (Å²) in [5.74, 6) is 1.01. The molecule has 17 nitrogen and oxygen atoms in total. The van der Waals surface area contributed by atoms with E-state index in [1.54, 1.807) is 12.1 Å². The lowest BCUT2D eigenvalue weighted by Gasteiger charge is -2.45.